The van der Waals surface area contributed by atoms with Crippen molar-refractivity contribution in [2.45, 2.75) is 6.10 Å². The second-order valence-corrected chi connectivity index (χ2v) is 3.15. The number of rotatable bonds is 4. The van der Waals surface area contributed by atoms with Crippen molar-refractivity contribution in [3.8, 4) is 0 Å². The lowest BCUT2D eigenvalue weighted by Gasteiger charge is -2.08. The molecule has 0 aromatic rings. The summed E-state index contributed by atoms with van der Waals surface area (Å²) in [7, 11) is -4.25. The predicted molar refractivity (Wildman–Crippen MR) is 33.1 cm³/mol. The van der Waals surface area contributed by atoms with Crippen LogP contribution in [0.5, 0.6) is 0 Å². The molecule has 0 aromatic heterocycles. The first-order chi connectivity index (χ1) is 4.45. The number of hydrogen-bond acceptors (Lipinski definition) is 3. The average molecular weight is 171 g/mol. The van der Waals surface area contributed by atoms with Crippen LogP contribution in [0.2, 0.25) is 0 Å². The van der Waals surface area contributed by atoms with Gasteiger partial charge in [-0.2, -0.15) is 0 Å². The average Bonchev–Trinajstić information content (AvgIpc) is 1.81. The molecule has 0 spiro atoms. The van der Waals surface area contributed by atoms with Crippen LogP contribution in [0.1, 0.15) is 0 Å². The van der Waals surface area contributed by atoms with Crippen LogP contribution in [0, 0.1) is 0 Å². The monoisotopic (exact) mass is 171 g/mol. The maximum Gasteiger partial charge on any atom is 0.400 e. The van der Waals surface area contributed by atoms with Crippen molar-refractivity contribution < 1.29 is 24.6 Å². The molecule has 7 heteroatoms. The smallest absolute Gasteiger partial charge is 0.394 e. The minimum Gasteiger partial charge on any atom is -0.394 e. The van der Waals surface area contributed by atoms with Gasteiger partial charge in [0.05, 0.1) is 12.7 Å². The molecule has 1 atom stereocenters. The molecular formula is C3H10NO5P. The van der Waals surface area contributed by atoms with Crippen LogP contribution < -0.4 is 5.09 Å². The van der Waals surface area contributed by atoms with Crippen molar-refractivity contribution in [1.82, 2.24) is 5.09 Å². The van der Waals surface area contributed by atoms with Gasteiger partial charge in [0.15, 0.2) is 0 Å². The number of aliphatic hydroxyl groups excluding tert-OH is 2. The van der Waals surface area contributed by atoms with E-state index in [0.717, 1.165) is 0 Å². The van der Waals surface area contributed by atoms with Crippen LogP contribution in [0.3, 0.4) is 0 Å². The summed E-state index contributed by atoms with van der Waals surface area (Å²) in [5, 5.41) is 18.5. The second-order valence-electron chi connectivity index (χ2n) is 1.74. The molecule has 0 aliphatic rings. The lowest BCUT2D eigenvalue weighted by Crippen LogP contribution is -2.27. The SMILES string of the molecule is O=P(O)(O)NCC(O)CO. The van der Waals surface area contributed by atoms with E-state index in [9.17, 15) is 4.57 Å². The fraction of sp³-hybridized carbons (Fsp3) is 1.00. The van der Waals surface area contributed by atoms with E-state index in [1.165, 1.54) is 0 Å². The third-order valence-electron chi connectivity index (χ3n) is 0.744. The molecule has 6 nitrogen and oxygen atoms in total. The molecular weight excluding hydrogens is 161 g/mol. The van der Waals surface area contributed by atoms with Gasteiger partial charge in [-0.25, -0.2) is 9.65 Å². The van der Waals surface area contributed by atoms with E-state index in [2.05, 4.69) is 0 Å². The molecule has 0 saturated heterocycles. The Morgan fingerprint density at radius 3 is 2.30 bits per heavy atom. The third-order valence-corrected chi connectivity index (χ3v) is 1.34. The molecule has 0 aliphatic carbocycles. The Kier molecular flexibility index (Phi) is 4.04. The van der Waals surface area contributed by atoms with Gasteiger partial charge < -0.3 is 20.0 Å². The molecule has 0 aliphatic heterocycles. The molecule has 0 bridgehead atoms. The van der Waals surface area contributed by atoms with Gasteiger partial charge in [0.2, 0.25) is 0 Å². The Morgan fingerprint density at radius 1 is 1.50 bits per heavy atom. The minimum absolute atomic E-state index is 0.319. The van der Waals surface area contributed by atoms with Crippen LogP contribution in [-0.2, 0) is 4.57 Å². The van der Waals surface area contributed by atoms with Crippen molar-refractivity contribution in [3.63, 3.8) is 0 Å². The van der Waals surface area contributed by atoms with Gasteiger partial charge in [-0.05, 0) is 0 Å². The molecule has 0 saturated carbocycles. The normalized spacial score (nSPS) is 15.2. The van der Waals surface area contributed by atoms with Gasteiger partial charge in [-0.3, -0.25) is 0 Å². The molecule has 0 fully saturated rings. The number of hydrogen-bond donors (Lipinski definition) is 5. The van der Waals surface area contributed by atoms with Crippen LogP contribution >= 0.6 is 7.75 Å². The summed E-state index contributed by atoms with van der Waals surface area (Å²) in [6.45, 7) is -0.840. The molecule has 10 heavy (non-hydrogen) atoms. The fourth-order valence-electron chi connectivity index (χ4n) is 0.289. The fourth-order valence-corrected chi connectivity index (χ4v) is 0.737. The largest absolute Gasteiger partial charge is 0.400 e. The first kappa shape index (κ1) is 10.0. The Hall–Kier alpha value is 0.0300. The summed E-state index contributed by atoms with van der Waals surface area (Å²) in [6.07, 6.45) is -1.13. The first-order valence-electron chi connectivity index (χ1n) is 2.55. The molecule has 0 heterocycles. The molecule has 0 aromatic carbocycles. The van der Waals surface area contributed by atoms with Gasteiger partial charge in [0.25, 0.3) is 0 Å². The lowest BCUT2D eigenvalue weighted by molar-refractivity contribution is 0.0971. The van der Waals surface area contributed by atoms with Crippen molar-refractivity contribution >= 4 is 7.75 Å². The lowest BCUT2D eigenvalue weighted by atomic mass is 10.4. The van der Waals surface area contributed by atoms with Gasteiger partial charge in [0, 0.05) is 6.54 Å². The van der Waals surface area contributed by atoms with Crippen molar-refractivity contribution in [1.29, 1.82) is 0 Å². The second kappa shape index (κ2) is 4.02. The van der Waals surface area contributed by atoms with Gasteiger partial charge >= 0.3 is 7.75 Å². The summed E-state index contributed by atoms with van der Waals surface area (Å²) in [6, 6.07) is 0. The molecule has 0 amide bonds. The van der Waals surface area contributed by atoms with Crippen LogP contribution in [-0.4, -0.2) is 39.3 Å². The van der Waals surface area contributed by atoms with E-state index < -0.39 is 20.5 Å². The van der Waals surface area contributed by atoms with Gasteiger partial charge in [0.1, 0.15) is 0 Å². The maximum absolute atomic E-state index is 10.0. The highest BCUT2D eigenvalue weighted by Crippen LogP contribution is 2.27. The van der Waals surface area contributed by atoms with Crippen LogP contribution in [0.25, 0.3) is 0 Å². The highest BCUT2D eigenvalue weighted by Gasteiger charge is 2.13. The zero-order valence-corrected chi connectivity index (χ0v) is 6.03. The van der Waals surface area contributed by atoms with Crippen LogP contribution in [0.15, 0.2) is 0 Å². The number of nitrogens with one attached hydrogen (secondary N) is 1. The zero-order valence-electron chi connectivity index (χ0n) is 5.14. The Morgan fingerprint density at radius 2 is 2.00 bits per heavy atom. The molecule has 0 rings (SSSR count). The topological polar surface area (TPSA) is 110 Å². The molecule has 5 N–H and O–H groups in total. The highest BCUT2D eigenvalue weighted by atomic mass is 31.2. The van der Waals surface area contributed by atoms with E-state index >= 15 is 0 Å². The van der Waals surface area contributed by atoms with Gasteiger partial charge in [-0.1, -0.05) is 0 Å². The van der Waals surface area contributed by atoms with Gasteiger partial charge in [-0.15, -0.1) is 0 Å². The van der Waals surface area contributed by atoms with E-state index in [0.29, 0.717) is 0 Å². The number of aliphatic hydroxyl groups is 2. The molecule has 62 valence electrons. The quantitative estimate of drug-likeness (QED) is 0.313. The molecule has 0 radical (unpaired) electrons. The van der Waals surface area contributed by atoms with Crippen molar-refractivity contribution in [2.75, 3.05) is 13.2 Å². The van der Waals surface area contributed by atoms with Crippen LogP contribution in [0.4, 0.5) is 0 Å². The van der Waals surface area contributed by atoms with E-state index in [1.54, 1.807) is 5.09 Å². The summed E-state index contributed by atoms with van der Waals surface area (Å²) in [5.41, 5.74) is 0. The maximum atomic E-state index is 10.0. The summed E-state index contributed by atoms with van der Waals surface area (Å²) < 4.78 is 10.0. The minimum atomic E-state index is -4.25. The standard InChI is InChI=1S/C3H10NO5P/c5-2-3(6)1-4-10(7,8)9/h3,5-6H,1-2H2,(H3,4,7,8,9). The Balaban J connectivity index is 3.46. The Labute approximate surface area is 57.7 Å². The Bertz CT molecular complexity index is 133. The third kappa shape index (κ3) is 6.15. The summed E-state index contributed by atoms with van der Waals surface area (Å²) in [5.74, 6) is 0. The van der Waals surface area contributed by atoms with Crippen molar-refractivity contribution in [2.24, 2.45) is 0 Å². The van der Waals surface area contributed by atoms with E-state index in [-0.39, 0.29) is 6.54 Å². The molecule has 1 unspecified atom stereocenters. The summed E-state index contributed by atoms with van der Waals surface area (Å²) in [4.78, 5) is 16.3. The van der Waals surface area contributed by atoms with E-state index in [1.807, 2.05) is 0 Å². The van der Waals surface area contributed by atoms with E-state index in [4.69, 9.17) is 20.0 Å². The summed E-state index contributed by atoms with van der Waals surface area (Å²) >= 11 is 0. The van der Waals surface area contributed by atoms with Crippen molar-refractivity contribution in [3.05, 3.63) is 0 Å². The predicted octanol–water partition coefficient (Wildman–Crippen LogP) is -1.98. The highest BCUT2D eigenvalue weighted by molar-refractivity contribution is 7.49. The first-order valence-corrected chi connectivity index (χ1v) is 4.16. The zero-order chi connectivity index (χ0) is 8.20.